The number of hydrogen-bond donors (Lipinski definition) is 2. The molecule has 1 aliphatic carbocycles. The van der Waals surface area contributed by atoms with E-state index in [1.807, 2.05) is 6.92 Å². The van der Waals surface area contributed by atoms with Crippen molar-refractivity contribution in [3.8, 4) is 0 Å². The summed E-state index contributed by atoms with van der Waals surface area (Å²) in [6.45, 7) is 9.88. The van der Waals surface area contributed by atoms with Crippen LogP contribution in [0.15, 0.2) is 0 Å². The third-order valence-corrected chi connectivity index (χ3v) is 4.45. The first-order valence-corrected chi connectivity index (χ1v) is 8.81. The Labute approximate surface area is 130 Å². The standard InChI is InChI=1S/C17H35N3O/c1-4-6-12-20(13-7-5-2)14-8-11-17(3,16(18)21)19-15-9-10-15/h15,19H,4-14H2,1-3H3,(H2,18,21). The van der Waals surface area contributed by atoms with Gasteiger partial charge < -0.3 is 16.0 Å². The van der Waals surface area contributed by atoms with E-state index in [1.54, 1.807) is 0 Å². The number of nitrogens with zero attached hydrogens (tertiary/aromatic N) is 1. The average molecular weight is 297 g/mol. The monoisotopic (exact) mass is 297 g/mol. The predicted molar refractivity (Wildman–Crippen MR) is 89.2 cm³/mol. The zero-order chi connectivity index (χ0) is 15.7. The Hall–Kier alpha value is -0.610. The summed E-state index contributed by atoms with van der Waals surface area (Å²) in [7, 11) is 0. The lowest BCUT2D eigenvalue weighted by Crippen LogP contribution is -2.54. The Morgan fingerprint density at radius 1 is 1.14 bits per heavy atom. The molecular formula is C17H35N3O. The zero-order valence-corrected chi connectivity index (χ0v) is 14.3. The minimum absolute atomic E-state index is 0.205. The molecule has 0 saturated heterocycles. The van der Waals surface area contributed by atoms with Crippen LogP contribution >= 0.6 is 0 Å². The molecule has 1 saturated carbocycles. The zero-order valence-electron chi connectivity index (χ0n) is 14.3. The van der Waals surface area contributed by atoms with Gasteiger partial charge in [-0.25, -0.2) is 0 Å². The van der Waals surface area contributed by atoms with Crippen LogP contribution in [0.25, 0.3) is 0 Å². The molecule has 1 fully saturated rings. The molecule has 1 atom stereocenters. The topological polar surface area (TPSA) is 58.4 Å². The Morgan fingerprint density at radius 2 is 1.67 bits per heavy atom. The lowest BCUT2D eigenvalue weighted by atomic mass is 9.94. The highest BCUT2D eigenvalue weighted by Crippen LogP contribution is 2.24. The van der Waals surface area contributed by atoms with Gasteiger partial charge in [0.2, 0.25) is 5.91 Å². The molecule has 0 heterocycles. The molecule has 0 aromatic carbocycles. The Bertz CT molecular complexity index is 296. The largest absolute Gasteiger partial charge is 0.368 e. The predicted octanol–water partition coefficient (Wildman–Crippen LogP) is 2.66. The number of carbonyl (C=O) groups is 1. The molecular weight excluding hydrogens is 262 g/mol. The second-order valence-electron chi connectivity index (χ2n) is 6.77. The number of rotatable bonds is 13. The van der Waals surface area contributed by atoms with Crippen molar-refractivity contribution in [2.45, 2.75) is 83.7 Å². The number of unbranched alkanes of at least 4 members (excludes halogenated alkanes) is 2. The van der Waals surface area contributed by atoms with Crippen molar-refractivity contribution >= 4 is 5.91 Å². The molecule has 1 aliphatic rings. The van der Waals surface area contributed by atoms with Crippen molar-refractivity contribution in [1.29, 1.82) is 0 Å². The van der Waals surface area contributed by atoms with Gasteiger partial charge in [-0.1, -0.05) is 26.7 Å². The smallest absolute Gasteiger partial charge is 0.237 e. The van der Waals surface area contributed by atoms with Gasteiger partial charge in [0.15, 0.2) is 0 Å². The molecule has 1 rings (SSSR count). The van der Waals surface area contributed by atoms with Gasteiger partial charge in [-0.05, 0) is 65.1 Å². The van der Waals surface area contributed by atoms with E-state index < -0.39 is 5.54 Å². The van der Waals surface area contributed by atoms with Crippen molar-refractivity contribution in [3.63, 3.8) is 0 Å². The van der Waals surface area contributed by atoms with Gasteiger partial charge in [-0.3, -0.25) is 4.79 Å². The second-order valence-corrected chi connectivity index (χ2v) is 6.77. The Kier molecular flexibility index (Phi) is 8.27. The first-order valence-electron chi connectivity index (χ1n) is 8.81. The van der Waals surface area contributed by atoms with Crippen LogP contribution in [0.3, 0.4) is 0 Å². The fourth-order valence-corrected chi connectivity index (χ4v) is 2.70. The van der Waals surface area contributed by atoms with Gasteiger partial charge in [0.1, 0.15) is 0 Å². The normalized spacial score (nSPS) is 17.9. The van der Waals surface area contributed by atoms with E-state index in [0.29, 0.717) is 6.04 Å². The Balaban J connectivity index is 2.35. The highest BCUT2D eigenvalue weighted by atomic mass is 16.1. The van der Waals surface area contributed by atoms with Gasteiger partial charge in [0.05, 0.1) is 5.54 Å². The van der Waals surface area contributed by atoms with Crippen molar-refractivity contribution < 1.29 is 4.79 Å². The summed E-state index contributed by atoms with van der Waals surface area (Å²) in [4.78, 5) is 14.3. The van der Waals surface area contributed by atoms with Crippen LogP contribution in [-0.2, 0) is 4.79 Å². The number of amides is 1. The third kappa shape index (κ3) is 7.28. The van der Waals surface area contributed by atoms with Gasteiger partial charge in [-0.2, -0.15) is 0 Å². The summed E-state index contributed by atoms with van der Waals surface area (Å²) in [5, 5.41) is 3.43. The van der Waals surface area contributed by atoms with Crippen LogP contribution < -0.4 is 11.1 Å². The van der Waals surface area contributed by atoms with Gasteiger partial charge in [0, 0.05) is 6.04 Å². The molecule has 0 spiro atoms. The molecule has 0 aromatic rings. The van der Waals surface area contributed by atoms with E-state index in [0.717, 1.165) is 19.4 Å². The minimum Gasteiger partial charge on any atom is -0.368 e. The Morgan fingerprint density at radius 3 is 2.10 bits per heavy atom. The molecule has 1 amide bonds. The van der Waals surface area contributed by atoms with Crippen LogP contribution in [0.4, 0.5) is 0 Å². The van der Waals surface area contributed by atoms with Gasteiger partial charge >= 0.3 is 0 Å². The lowest BCUT2D eigenvalue weighted by molar-refractivity contribution is -0.124. The molecule has 0 aromatic heterocycles. The van der Waals surface area contributed by atoms with Crippen molar-refractivity contribution in [3.05, 3.63) is 0 Å². The molecule has 124 valence electrons. The number of carbonyl (C=O) groups excluding carboxylic acids is 1. The van der Waals surface area contributed by atoms with Crippen molar-refractivity contribution in [2.75, 3.05) is 19.6 Å². The summed E-state index contributed by atoms with van der Waals surface area (Å²) in [5.41, 5.74) is 5.08. The fraction of sp³-hybridized carbons (Fsp3) is 0.941. The summed E-state index contributed by atoms with van der Waals surface area (Å²) in [6, 6.07) is 0.513. The van der Waals surface area contributed by atoms with Crippen LogP contribution in [0, 0.1) is 0 Å². The van der Waals surface area contributed by atoms with E-state index in [2.05, 4.69) is 24.1 Å². The summed E-state index contributed by atoms with van der Waals surface area (Å²) >= 11 is 0. The SMILES string of the molecule is CCCCN(CCCC)CCCC(C)(NC1CC1)C(N)=O. The summed E-state index contributed by atoms with van der Waals surface area (Å²) in [5.74, 6) is -0.205. The number of nitrogens with two attached hydrogens (primary N) is 1. The maximum Gasteiger partial charge on any atom is 0.237 e. The fourth-order valence-electron chi connectivity index (χ4n) is 2.70. The van der Waals surface area contributed by atoms with E-state index in [9.17, 15) is 4.79 Å². The number of primary amides is 1. The molecule has 4 heteroatoms. The third-order valence-electron chi connectivity index (χ3n) is 4.45. The highest BCUT2D eigenvalue weighted by Gasteiger charge is 2.36. The number of hydrogen-bond acceptors (Lipinski definition) is 3. The van der Waals surface area contributed by atoms with Gasteiger partial charge in [-0.15, -0.1) is 0 Å². The average Bonchev–Trinajstić information content (AvgIpc) is 3.24. The summed E-state index contributed by atoms with van der Waals surface area (Å²) < 4.78 is 0. The lowest BCUT2D eigenvalue weighted by Gasteiger charge is -2.29. The van der Waals surface area contributed by atoms with Crippen molar-refractivity contribution in [2.24, 2.45) is 5.73 Å². The van der Waals surface area contributed by atoms with E-state index in [1.165, 1.54) is 51.6 Å². The van der Waals surface area contributed by atoms with Crippen LogP contribution in [-0.4, -0.2) is 42.0 Å². The van der Waals surface area contributed by atoms with Crippen LogP contribution in [0.5, 0.6) is 0 Å². The van der Waals surface area contributed by atoms with Gasteiger partial charge in [0.25, 0.3) is 0 Å². The molecule has 1 unspecified atom stereocenters. The molecule has 0 aliphatic heterocycles. The van der Waals surface area contributed by atoms with E-state index >= 15 is 0 Å². The maximum atomic E-state index is 11.8. The molecule has 4 nitrogen and oxygen atoms in total. The van der Waals surface area contributed by atoms with E-state index in [4.69, 9.17) is 5.73 Å². The molecule has 21 heavy (non-hydrogen) atoms. The highest BCUT2D eigenvalue weighted by molar-refractivity contribution is 5.84. The van der Waals surface area contributed by atoms with E-state index in [-0.39, 0.29) is 5.91 Å². The molecule has 0 bridgehead atoms. The molecule has 3 N–H and O–H groups in total. The minimum atomic E-state index is -0.525. The number of nitrogens with one attached hydrogen (secondary N) is 1. The van der Waals surface area contributed by atoms with Crippen LogP contribution in [0.1, 0.15) is 72.1 Å². The molecule has 0 radical (unpaired) electrons. The van der Waals surface area contributed by atoms with Crippen LogP contribution in [0.2, 0.25) is 0 Å². The second kappa shape index (κ2) is 9.42. The first-order chi connectivity index (χ1) is 10.0. The summed E-state index contributed by atoms with van der Waals surface area (Å²) in [6.07, 6.45) is 9.24. The maximum absolute atomic E-state index is 11.8. The van der Waals surface area contributed by atoms with Crippen molar-refractivity contribution in [1.82, 2.24) is 10.2 Å². The first kappa shape index (κ1) is 18.4. The quantitative estimate of drug-likeness (QED) is 0.549.